The van der Waals surface area contributed by atoms with Crippen LogP contribution in [-0.2, 0) is 6.54 Å². The number of fused-ring (bicyclic) bond motifs is 1. The van der Waals surface area contributed by atoms with E-state index in [1.807, 2.05) is 6.21 Å². The first kappa shape index (κ1) is 16.8. The molecule has 3 nitrogen and oxygen atoms in total. The van der Waals surface area contributed by atoms with Gasteiger partial charge in [-0.2, -0.15) is 5.10 Å². The zero-order valence-corrected chi connectivity index (χ0v) is 15.3. The van der Waals surface area contributed by atoms with Crippen LogP contribution in [0, 0.1) is 6.92 Å². The molecule has 4 rings (SSSR count). The van der Waals surface area contributed by atoms with Crippen molar-refractivity contribution in [1.82, 2.24) is 9.91 Å². The summed E-state index contributed by atoms with van der Waals surface area (Å²) in [5, 5.41) is 9.55. The summed E-state index contributed by atoms with van der Waals surface area (Å²) < 4.78 is 0. The van der Waals surface area contributed by atoms with Crippen molar-refractivity contribution in [2.45, 2.75) is 13.5 Å². The monoisotopic (exact) mass is 343 g/mol. The van der Waals surface area contributed by atoms with E-state index < -0.39 is 0 Å². The van der Waals surface area contributed by atoms with Crippen LogP contribution in [0.2, 0.25) is 0 Å². The molecule has 3 aromatic carbocycles. The Labute approximate surface area is 155 Å². The zero-order chi connectivity index (χ0) is 17.8. The first-order chi connectivity index (χ1) is 12.8. The van der Waals surface area contributed by atoms with E-state index in [-0.39, 0.29) is 0 Å². The van der Waals surface area contributed by atoms with E-state index in [2.05, 4.69) is 88.7 Å². The number of aryl methyl sites for hydroxylation is 1. The van der Waals surface area contributed by atoms with Gasteiger partial charge in [0.05, 0.1) is 6.21 Å². The lowest BCUT2D eigenvalue weighted by Crippen LogP contribution is -2.43. The quantitative estimate of drug-likeness (QED) is 0.658. The third kappa shape index (κ3) is 3.94. The first-order valence-electron chi connectivity index (χ1n) is 9.32. The summed E-state index contributed by atoms with van der Waals surface area (Å²) in [4.78, 5) is 2.53. The van der Waals surface area contributed by atoms with Gasteiger partial charge >= 0.3 is 0 Å². The third-order valence-electron chi connectivity index (χ3n) is 5.03. The number of rotatable bonds is 4. The van der Waals surface area contributed by atoms with Crippen molar-refractivity contribution < 1.29 is 0 Å². The Morgan fingerprint density at radius 3 is 2.50 bits per heavy atom. The van der Waals surface area contributed by atoms with E-state index in [0.29, 0.717) is 0 Å². The molecule has 3 aromatic rings. The third-order valence-corrected chi connectivity index (χ3v) is 5.03. The molecule has 0 bridgehead atoms. The van der Waals surface area contributed by atoms with Crippen molar-refractivity contribution in [3.05, 3.63) is 83.4 Å². The Bertz CT molecular complexity index is 903. The van der Waals surface area contributed by atoms with Crippen LogP contribution in [0.25, 0.3) is 10.8 Å². The van der Waals surface area contributed by atoms with Crippen molar-refractivity contribution in [2.24, 2.45) is 5.10 Å². The van der Waals surface area contributed by atoms with Gasteiger partial charge in [-0.05, 0) is 28.8 Å². The largest absolute Gasteiger partial charge is 0.295 e. The molecule has 0 spiro atoms. The number of nitrogens with zero attached hydrogens (tertiary/aromatic N) is 3. The second-order valence-electron chi connectivity index (χ2n) is 7.03. The lowest BCUT2D eigenvalue weighted by molar-refractivity contribution is 0.131. The highest BCUT2D eigenvalue weighted by molar-refractivity contribution is 5.85. The summed E-state index contributed by atoms with van der Waals surface area (Å²) >= 11 is 0. The van der Waals surface area contributed by atoms with Gasteiger partial charge in [0.2, 0.25) is 0 Å². The maximum Gasteiger partial charge on any atom is 0.0543 e. The molecule has 132 valence electrons. The van der Waals surface area contributed by atoms with Gasteiger partial charge in [-0.15, -0.1) is 0 Å². The molecule has 0 aliphatic carbocycles. The summed E-state index contributed by atoms with van der Waals surface area (Å²) in [5.41, 5.74) is 3.86. The number of hydrogen-bond donors (Lipinski definition) is 0. The van der Waals surface area contributed by atoms with Crippen LogP contribution in [0.4, 0.5) is 0 Å². The minimum atomic E-state index is 0.979. The SMILES string of the molecule is Cc1cccc(/C=N\N2CCN(Cc3cccc4ccccc34)CC2)c1. The van der Waals surface area contributed by atoms with Crippen molar-refractivity contribution in [3.63, 3.8) is 0 Å². The van der Waals surface area contributed by atoms with E-state index in [9.17, 15) is 0 Å². The number of hydrazone groups is 1. The van der Waals surface area contributed by atoms with Gasteiger partial charge in [-0.3, -0.25) is 9.91 Å². The molecule has 1 aliphatic rings. The van der Waals surface area contributed by atoms with E-state index in [4.69, 9.17) is 0 Å². The Morgan fingerprint density at radius 2 is 1.65 bits per heavy atom. The highest BCUT2D eigenvalue weighted by Gasteiger charge is 2.16. The average Bonchev–Trinajstić information content (AvgIpc) is 2.68. The fourth-order valence-corrected chi connectivity index (χ4v) is 3.58. The standard InChI is InChI=1S/C23H25N3/c1-19-6-4-7-20(16-19)17-24-26-14-12-25(13-15-26)18-22-10-5-9-21-8-2-3-11-23(21)22/h2-11,16-17H,12-15,18H2,1H3/b24-17-. The van der Waals surface area contributed by atoms with Crippen LogP contribution in [0.1, 0.15) is 16.7 Å². The van der Waals surface area contributed by atoms with Crippen LogP contribution in [0.3, 0.4) is 0 Å². The van der Waals surface area contributed by atoms with E-state index in [0.717, 1.165) is 32.7 Å². The minimum absolute atomic E-state index is 0.979. The highest BCUT2D eigenvalue weighted by Crippen LogP contribution is 2.20. The molecule has 26 heavy (non-hydrogen) atoms. The van der Waals surface area contributed by atoms with Crippen molar-refractivity contribution in [3.8, 4) is 0 Å². The van der Waals surface area contributed by atoms with E-state index in [1.165, 1.54) is 27.5 Å². The predicted molar refractivity (Wildman–Crippen MR) is 110 cm³/mol. The summed E-state index contributed by atoms with van der Waals surface area (Å²) in [7, 11) is 0. The van der Waals surface area contributed by atoms with Crippen LogP contribution in [-0.4, -0.2) is 42.3 Å². The zero-order valence-electron chi connectivity index (χ0n) is 15.3. The van der Waals surface area contributed by atoms with Crippen LogP contribution in [0.15, 0.2) is 71.8 Å². The van der Waals surface area contributed by atoms with Crippen molar-refractivity contribution in [2.75, 3.05) is 26.2 Å². The lowest BCUT2D eigenvalue weighted by Gasteiger charge is -2.33. The molecule has 0 radical (unpaired) electrons. The van der Waals surface area contributed by atoms with Gasteiger partial charge in [0, 0.05) is 32.7 Å². The normalized spacial score (nSPS) is 15.8. The van der Waals surface area contributed by atoms with Gasteiger partial charge < -0.3 is 0 Å². The maximum absolute atomic E-state index is 4.67. The minimum Gasteiger partial charge on any atom is -0.295 e. The Kier molecular flexibility index (Phi) is 4.98. The molecule has 1 saturated heterocycles. The number of benzene rings is 3. The van der Waals surface area contributed by atoms with Crippen molar-refractivity contribution in [1.29, 1.82) is 0 Å². The predicted octanol–water partition coefficient (Wildman–Crippen LogP) is 4.30. The molecule has 0 atom stereocenters. The molecule has 1 fully saturated rings. The lowest BCUT2D eigenvalue weighted by atomic mass is 10.0. The second-order valence-corrected chi connectivity index (χ2v) is 7.03. The van der Waals surface area contributed by atoms with E-state index in [1.54, 1.807) is 0 Å². The van der Waals surface area contributed by atoms with Crippen LogP contribution < -0.4 is 0 Å². The fraction of sp³-hybridized carbons (Fsp3) is 0.261. The van der Waals surface area contributed by atoms with Gasteiger partial charge in [-0.25, -0.2) is 0 Å². The molecular weight excluding hydrogens is 318 g/mol. The summed E-state index contributed by atoms with van der Waals surface area (Å²) in [6.45, 7) is 7.18. The van der Waals surface area contributed by atoms with Gasteiger partial charge in [0.1, 0.15) is 0 Å². The van der Waals surface area contributed by atoms with Crippen LogP contribution >= 0.6 is 0 Å². The molecule has 0 saturated carbocycles. The van der Waals surface area contributed by atoms with E-state index >= 15 is 0 Å². The summed E-state index contributed by atoms with van der Waals surface area (Å²) in [6.07, 6.45) is 1.98. The molecular formula is C23H25N3. The van der Waals surface area contributed by atoms with Crippen molar-refractivity contribution >= 4 is 17.0 Å². The van der Waals surface area contributed by atoms with Gasteiger partial charge in [-0.1, -0.05) is 72.3 Å². The average molecular weight is 343 g/mol. The number of piperazine rings is 1. The van der Waals surface area contributed by atoms with Crippen LogP contribution in [0.5, 0.6) is 0 Å². The second kappa shape index (κ2) is 7.71. The summed E-state index contributed by atoms with van der Waals surface area (Å²) in [6, 6.07) is 23.7. The molecule has 0 amide bonds. The smallest absolute Gasteiger partial charge is 0.0543 e. The molecule has 1 aliphatic heterocycles. The molecule has 3 heteroatoms. The van der Waals surface area contributed by atoms with Gasteiger partial charge in [0.25, 0.3) is 0 Å². The van der Waals surface area contributed by atoms with Gasteiger partial charge in [0.15, 0.2) is 0 Å². The molecule has 0 N–H and O–H groups in total. The Hall–Kier alpha value is -2.65. The topological polar surface area (TPSA) is 18.8 Å². The Morgan fingerprint density at radius 1 is 0.885 bits per heavy atom. The molecule has 1 heterocycles. The highest BCUT2D eigenvalue weighted by atomic mass is 15.5. The molecule has 0 unspecified atom stereocenters. The fourth-order valence-electron chi connectivity index (χ4n) is 3.58. The molecule has 0 aromatic heterocycles. The summed E-state index contributed by atoms with van der Waals surface area (Å²) in [5.74, 6) is 0. The Balaban J connectivity index is 1.36. The maximum atomic E-state index is 4.67. The number of hydrogen-bond acceptors (Lipinski definition) is 3. The first-order valence-corrected chi connectivity index (χ1v) is 9.32.